The second kappa shape index (κ2) is 10.0. The number of hydrogen-bond donors (Lipinski definition) is 2. The van der Waals surface area contributed by atoms with Crippen molar-refractivity contribution < 1.29 is 9.59 Å². The number of anilines is 1. The van der Waals surface area contributed by atoms with Gasteiger partial charge in [0.25, 0.3) is 5.91 Å². The average molecular weight is 430 g/mol. The van der Waals surface area contributed by atoms with Crippen LogP contribution >= 0.6 is 11.6 Å². The Hall–Kier alpha value is -2.45. The fourth-order valence-electron chi connectivity index (χ4n) is 3.55. The summed E-state index contributed by atoms with van der Waals surface area (Å²) in [5, 5.41) is 7.14. The molecule has 0 radical (unpaired) electrons. The Kier molecular flexibility index (Phi) is 7.44. The Labute approximate surface area is 182 Å². The lowest BCUT2D eigenvalue weighted by Gasteiger charge is -2.28. The van der Waals surface area contributed by atoms with Crippen LogP contribution in [0.5, 0.6) is 0 Å². The molecule has 7 nitrogen and oxygen atoms in total. The number of likely N-dealkylation sites (N-methyl/N-ethyl adjacent to an activating group) is 1. The summed E-state index contributed by atoms with van der Waals surface area (Å²) >= 11 is 6.10. The number of benzene rings is 2. The highest BCUT2D eigenvalue weighted by Gasteiger charge is 2.25. The van der Waals surface area contributed by atoms with Crippen LogP contribution in [0, 0.1) is 6.92 Å². The quantitative estimate of drug-likeness (QED) is 0.670. The maximum atomic E-state index is 12.8. The molecule has 3 N–H and O–H groups in total. The molecule has 0 unspecified atom stereocenters. The predicted molar refractivity (Wildman–Crippen MR) is 119 cm³/mol. The molecule has 2 amide bonds. The van der Waals surface area contributed by atoms with Gasteiger partial charge in [-0.2, -0.15) is 0 Å². The Morgan fingerprint density at radius 2 is 1.73 bits per heavy atom. The molecule has 0 spiro atoms. The number of amides is 2. The van der Waals surface area contributed by atoms with Crippen LogP contribution < -0.4 is 16.0 Å². The monoisotopic (exact) mass is 429 g/mol. The minimum Gasteiger partial charge on any atom is -0.329 e. The lowest BCUT2D eigenvalue weighted by atomic mass is 10.1. The Balaban J connectivity index is 1.53. The molecule has 0 atom stereocenters. The van der Waals surface area contributed by atoms with Crippen molar-refractivity contribution >= 4 is 29.1 Å². The summed E-state index contributed by atoms with van der Waals surface area (Å²) in [5.74, 6) is -0.255. The largest absolute Gasteiger partial charge is 0.329 e. The molecule has 0 bridgehead atoms. The van der Waals surface area contributed by atoms with Crippen LogP contribution in [0.1, 0.15) is 16.7 Å². The minimum atomic E-state index is -0.158. The van der Waals surface area contributed by atoms with Crippen LogP contribution in [0.25, 0.3) is 0 Å². The van der Waals surface area contributed by atoms with Gasteiger partial charge in [-0.1, -0.05) is 41.9 Å². The van der Waals surface area contributed by atoms with E-state index in [-0.39, 0.29) is 24.9 Å². The molecular formula is C22H28ClN5O2. The summed E-state index contributed by atoms with van der Waals surface area (Å²) in [6, 6.07) is 13.6. The Morgan fingerprint density at radius 3 is 2.37 bits per heavy atom. The molecule has 30 heavy (non-hydrogen) atoms. The number of nitrogens with one attached hydrogen (secondary N) is 1. The molecule has 0 saturated heterocycles. The molecule has 3 rings (SSSR count). The third-order valence-corrected chi connectivity index (χ3v) is 5.51. The second-order valence-corrected chi connectivity index (χ2v) is 7.81. The normalized spacial score (nSPS) is 13.2. The number of hydrogen-bond acceptors (Lipinski definition) is 5. The average Bonchev–Trinajstić information content (AvgIpc) is 3.17. The summed E-state index contributed by atoms with van der Waals surface area (Å²) in [7, 11) is 1.76. The number of nitrogens with zero attached hydrogens (tertiary/aromatic N) is 3. The summed E-state index contributed by atoms with van der Waals surface area (Å²) < 4.78 is 0. The fourth-order valence-corrected chi connectivity index (χ4v) is 3.72. The van der Waals surface area contributed by atoms with Crippen LogP contribution in [-0.2, 0) is 22.7 Å². The number of halogens is 1. The number of aryl methyl sites for hydroxylation is 1. The molecule has 1 aliphatic rings. The van der Waals surface area contributed by atoms with E-state index >= 15 is 0 Å². The molecule has 2 aromatic carbocycles. The van der Waals surface area contributed by atoms with Crippen molar-refractivity contribution in [3.8, 4) is 0 Å². The number of fused-ring (bicyclic) bond motifs is 1. The van der Waals surface area contributed by atoms with E-state index in [9.17, 15) is 9.59 Å². The molecular weight excluding hydrogens is 402 g/mol. The first-order chi connectivity index (χ1) is 14.4. The summed E-state index contributed by atoms with van der Waals surface area (Å²) in [4.78, 5) is 27.0. The highest BCUT2D eigenvalue weighted by Crippen LogP contribution is 2.25. The van der Waals surface area contributed by atoms with Crippen molar-refractivity contribution in [1.82, 2.24) is 15.3 Å². The highest BCUT2D eigenvalue weighted by molar-refractivity contribution is 6.31. The third-order valence-electron chi connectivity index (χ3n) is 5.28. The molecule has 2 aromatic rings. The maximum Gasteiger partial charge on any atom is 0.250 e. The van der Waals surface area contributed by atoms with Gasteiger partial charge in [-0.05, 0) is 35.7 Å². The molecule has 1 heterocycles. The SMILES string of the molecule is Cc1ccc(Cl)cc1N(CCN)C(=O)CNCC(=O)N(C)N1Cc2ccccc2C1. The second-order valence-electron chi connectivity index (χ2n) is 7.38. The van der Waals surface area contributed by atoms with Gasteiger partial charge in [0.1, 0.15) is 0 Å². The Morgan fingerprint density at radius 1 is 1.10 bits per heavy atom. The van der Waals surface area contributed by atoms with Crippen molar-refractivity contribution in [2.45, 2.75) is 20.0 Å². The zero-order valence-corrected chi connectivity index (χ0v) is 18.2. The molecule has 8 heteroatoms. The molecule has 160 valence electrons. The minimum absolute atomic E-state index is 0.0335. The van der Waals surface area contributed by atoms with Gasteiger partial charge < -0.3 is 10.6 Å². The van der Waals surface area contributed by atoms with Crippen LogP contribution in [-0.4, -0.2) is 55.1 Å². The number of hydrazine groups is 1. The van der Waals surface area contributed by atoms with Crippen molar-refractivity contribution in [1.29, 1.82) is 0 Å². The maximum absolute atomic E-state index is 12.8. The van der Waals surface area contributed by atoms with E-state index in [2.05, 4.69) is 17.4 Å². The lowest BCUT2D eigenvalue weighted by molar-refractivity contribution is -0.145. The predicted octanol–water partition coefficient (Wildman–Crippen LogP) is 1.92. The van der Waals surface area contributed by atoms with Gasteiger partial charge in [0.05, 0.1) is 13.1 Å². The smallest absolute Gasteiger partial charge is 0.250 e. The van der Waals surface area contributed by atoms with Gasteiger partial charge in [-0.3, -0.25) is 19.9 Å². The highest BCUT2D eigenvalue weighted by atomic mass is 35.5. The molecule has 0 aliphatic carbocycles. The van der Waals surface area contributed by atoms with Crippen molar-refractivity contribution in [2.24, 2.45) is 5.73 Å². The van der Waals surface area contributed by atoms with Gasteiger partial charge in [-0.25, -0.2) is 5.01 Å². The topological polar surface area (TPSA) is 81.9 Å². The van der Waals surface area contributed by atoms with Crippen LogP contribution in [0.2, 0.25) is 5.02 Å². The van der Waals surface area contributed by atoms with Crippen molar-refractivity contribution in [3.63, 3.8) is 0 Å². The van der Waals surface area contributed by atoms with E-state index in [0.29, 0.717) is 31.2 Å². The van der Waals surface area contributed by atoms with Gasteiger partial charge >= 0.3 is 0 Å². The van der Waals surface area contributed by atoms with E-state index in [1.165, 1.54) is 11.1 Å². The Bertz CT molecular complexity index is 895. The van der Waals surface area contributed by atoms with Gasteiger partial charge in [0, 0.05) is 43.9 Å². The summed E-state index contributed by atoms with van der Waals surface area (Å²) in [5.41, 5.74) is 9.83. The first-order valence-electron chi connectivity index (χ1n) is 9.96. The number of nitrogens with two attached hydrogens (primary N) is 1. The summed E-state index contributed by atoms with van der Waals surface area (Å²) in [6.07, 6.45) is 0. The van der Waals surface area contributed by atoms with Crippen LogP contribution in [0.4, 0.5) is 5.69 Å². The van der Waals surface area contributed by atoms with E-state index in [1.807, 2.05) is 30.1 Å². The van der Waals surface area contributed by atoms with Gasteiger partial charge in [0.2, 0.25) is 5.91 Å². The number of carbonyl (C=O) groups is 2. The van der Waals surface area contributed by atoms with Crippen molar-refractivity contribution in [2.75, 3.05) is 38.1 Å². The summed E-state index contributed by atoms with van der Waals surface area (Å²) in [6.45, 7) is 4.13. The zero-order valence-electron chi connectivity index (χ0n) is 17.4. The van der Waals surface area contributed by atoms with E-state index < -0.39 is 0 Å². The molecule has 0 fully saturated rings. The van der Waals surface area contributed by atoms with Crippen molar-refractivity contribution in [3.05, 3.63) is 64.2 Å². The third kappa shape index (κ3) is 5.17. The zero-order chi connectivity index (χ0) is 21.7. The molecule has 0 saturated carbocycles. The van der Waals surface area contributed by atoms with E-state index in [1.54, 1.807) is 29.1 Å². The molecule has 0 aromatic heterocycles. The lowest BCUT2D eigenvalue weighted by Crippen LogP contribution is -2.47. The molecule has 1 aliphatic heterocycles. The van der Waals surface area contributed by atoms with Gasteiger partial charge in [0.15, 0.2) is 0 Å². The first kappa shape index (κ1) is 22.2. The van der Waals surface area contributed by atoms with Crippen LogP contribution in [0.3, 0.4) is 0 Å². The van der Waals surface area contributed by atoms with E-state index in [4.69, 9.17) is 17.3 Å². The fraction of sp³-hybridized carbons (Fsp3) is 0.364. The number of rotatable bonds is 8. The van der Waals surface area contributed by atoms with Gasteiger partial charge in [-0.15, -0.1) is 0 Å². The number of carbonyl (C=O) groups excluding carboxylic acids is 2. The standard InChI is InChI=1S/C22H28ClN5O2/c1-16-7-8-19(23)11-20(16)28(10-9-24)22(30)13-25-12-21(29)26(2)27-14-17-5-3-4-6-18(17)15-27/h3-8,11,25H,9-10,12-15,24H2,1-2H3. The van der Waals surface area contributed by atoms with E-state index in [0.717, 1.165) is 11.3 Å². The van der Waals surface area contributed by atoms with Crippen LogP contribution in [0.15, 0.2) is 42.5 Å². The first-order valence-corrected chi connectivity index (χ1v) is 10.3.